The summed E-state index contributed by atoms with van der Waals surface area (Å²) in [5, 5.41) is 4.57. The van der Waals surface area contributed by atoms with Gasteiger partial charge < -0.3 is 16.0 Å². The second-order valence-electron chi connectivity index (χ2n) is 6.04. The maximum atomic E-state index is 5.96. The standard InChI is InChI=1S/C16H23N5/c1-21(2)15-13-5-3-4-6-14(13)19-16(20-15)18-12-9-7-11(17)8-10-12/h3-6,11-12H,7-10,17H2,1-2H3,(H,18,19,20). The summed E-state index contributed by atoms with van der Waals surface area (Å²) in [6.07, 6.45) is 4.33. The number of para-hydroxylation sites is 1. The van der Waals surface area contributed by atoms with Gasteiger partial charge in [-0.3, -0.25) is 0 Å². The monoisotopic (exact) mass is 285 g/mol. The number of nitrogens with one attached hydrogen (secondary N) is 1. The SMILES string of the molecule is CN(C)c1nc(NC2CCC(N)CC2)nc2ccccc12. The van der Waals surface area contributed by atoms with E-state index in [-0.39, 0.29) is 0 Å². The van der Waals surface area contributed by atoms with Gasteiger partial charge in [0.2, 0.25) is 5.95 Å². The first-order valence-corrected chi connectivity index (χ1v) is 7.59. The highest BCUT2D eigenvalue weighted by Gasteiger charge is 2.19. The molecule has 1 saturated carbocycles. The van der Waals surface area contributed by atoms with Gasteiger partial charge in [0.1, 0.15) is 5.82 Å². The molecule has 21 heavy (non-hydrogen) atoms. The molecule has 1 aromatic heterocycles. The van der Waals surface area contributed by atoms with E-state index in [1.165, 1.54) is 0 Å². The minimum Gasteiger partial charge on any atom is -0.362 e. The number of rotatable bonds is 3. The van der Waals surface area contributed by atoms with E-state index in [0.717, 1.165) is 48.4 Å². The van der Waals surface area contributed by atoms with Crippen LogP contribution in [0.4, 0.5) is 11.8 Å². The summed E-state index contributed by atoms with van der Waals surface area (Å²) in [6, 6.07) is 8.92. The highest BCUT2D eigenvalue weighted by Crippen LogP contribution is 2.25. The van der Waals surface area contributed by atoms with Crippen LogP contribution in [0.3, 0.4) is 0 Å². The predicted molar refractivity (Wildman–Crippen MR) is 87.7 cm³/mol. The van der Waals surface area contributed by atoms with Gasteiger partial charge in [-0.2, -0.15) is 4.98 Å². The van der Waals surface area contributed by atoms with Crippen molar-refractivity contribution in [3.8, 4) is 0 Å². The Morgan fingerprint density at radius 3 is 2.52 bits per heavy atom. The highest BCUT2D eigenvalue weighted by atomic mass is 15.2. The topological polar surface area (TPSA) is 67.1 Å². The van der Waals surface area contributed by atoms with Gasteiger partial charge >= 0.3 is 0 Å². The molecule has 0 bridgehead atoms. The average molecular weight is 285 g/mol. The Balaban J connectivity index is 1.88. The summed E-state index contributed by atoms with van der Waals surface area (Å²) < 4.78 is 0. The minimum atomic E-state index is 0.359. The maximum Gasteiger partial charge on any atom is 0.225 e. The van der Waals surface area contributed by atoms with Crippen LogP contribution >= 0.6 is 0 Å². The van der Waals surface area contributed by atoms with Gasteiger partial charge in [-0.15, -0.1) is 0 Å². The first-order chi connectivity index (χ1) is 10.1. The van der Waals surface area contributed by atoms with Crippen molar-refractivity contribution in [1.29, 1.82) is 0 Å². The largest absolute Gasteiger partial charge is 0.362 e. The molecule has 0 atom stereocenters. The lowest BCUT2D eigenvalue weighted by atomic mass is 9.92. The number of hydrogen-bond donors (Lipinski definition) is 2. The van der Waals surface area contributed by atoms with Crippen LogP contribution in [0.15, 0.2) is 24.3 Å². The van der Waals surface area contributed by atoms with Crippen LogP contribution in [0.5, 0.6) is 0 Å². The number of benzene rings is 1. The fourth-order valence-electron chi connectivity index (χ4n) is 2.91. The molecule has 1 aliphatic carbocycles. The molecule has 0 spiro atoms. The minimum absolute atomic E-state index is 0.359. The number of aromatic nitrogens is 2. The molecule has 1 aromatic carbocycles. The molecule has 5 nitrogen and oxygen atoms in total. The van der Waals surface area contributed by atoms with E-state index in [1.54, 1.807) is 0 Å². The third kappa shape index (κ3) is 3.08. The lowest BCUT2D eigenvalue weighted by Gasteiger charge is -2.27. The first kappa shape index (κ1) is 14.1. The second-order valence-corrected chi connectivity index (χ2v) is 6.04. The summed E-state index contributed by atoms with van der Waals surface area (Å²) in [4.78, 5) is 11.4. The van der Waals surface area contributed by atoms with Gasteiger partial charge in [-0.25, -0.2) is 4.98 Å². The Morgan fingerprint density at radius 1 is 1.10 bits per heavy atom. The van der Waals surface area contributed by atoms with Crippen molar-refractivity contribution in [1.82, 2.24) is 9.97 Å². The zero-order valence-corrected chi connectivity index (χ0v) is 12.7. The van der Waals surface area contributed by atoms with Crippen molar-refractivity contribution >= 4 is 22.7 Å². The van der Waals surface area contributed by atoms with Crippen molar-refractivity contribution < 1.29 is 0 Å². The molecule has 0 aliphatic heterocycles. The van der Waals surface area contributed by atoms with Gasteiger partial charge in [-0.05, 0) is 37.8 Å². The van der Waals surface area contributed by atoms with Crippen molar-refractivity contribution in [2.45, 2.75) is 37.8 Å². The summed E-state index contributed by atoms with van der Waals surface area (Å²) in [7, 11) is 4.02. The average Bonchev–Trinajstić information content (AvgIpc) is 2.48. The molecule has 1 heterocycles. The van der Waals surface area contributed by atoms with E-state index in [9.17, 15) is 0 Å². The lowest BCUT2D eigenvalue weighted by Crippen LogP contribution is -2.33. The van der Waals surface area contributed by atoms with Crippen molar-refractivity contribution in [2.24, 2.45) is 5.73 Å². The van der Waals surface area contributed by atoms with Gasteiger partial charge in [0.05, 0.1) is 5.52 Å². The van der Waals surface area contributed by atoms with E-state index in [4.69, 9.17) is 5.73 Å². The number of nitrogens with two attached hydrogens (primary N) is 1. The van der Waals surface area contributed by atoms with Crippen LogP contribution in [0.1, 0.15) is 25.7 Å². The molecule has 1 aliphatic rings. The zero-order chi connectivity index (χ0) is 14.8. The third-order valence-electron chi connectivity index (χ3n) is 4.11. The van der Waals surface area contributed by atoms with Gasteiger partial charge in [-0.1, -0.05) is 12.1 Å². The van der Waals surface area contributed by atoms with E-state index in [2.05, 4.69) is 21.4 Å². The smallest absolute Gasteiger partial charge is 0.225 e. The number of nitrogens with zero attached hydrogens (tertiary/aromatic N) is 3. The maximum absolute atomic E-state index is 5.96. The van der Waals surface area contributed by atoms with Crippen LogP contribution in [-0.4, -0.2) is 36.1 Å². The van der Waals surface area contributed by atoms with Crippen molar-refractivity contribution in [2.75, 3.05) is 24.3 Å². The van der Waals surface area contributed by atoms with Gasteiger partial charge in [0, 0.05) is 31.6 Å². The quantitative estimate of drug-likeness (QED) is 0.906. The molecule has 112 valence electrons. The van der Waals surface area contributed by atoms with E-state index >= 15 is 0 Å². The molecule has 0 radical (unpaired) electrons. The first-order valence-electron chi connectivity index (χ1n) is 7.59. The molecule has 3 rings (SSSR count). The van der Waals surface area contributed by atoms with Crippen LogP contribution < -0.4 is 16.0 Å². The van der Waals surface area contributed by atoms with Crippen molar-refractivity contribution in [3.63, 3.8) is 0 Å². The number of anilines is 2. The Hall–Kier alpha value is -1.88. The molecule has 1 fully saturated rings. The highest BCUT2D eigenvalue weighted by molar-refractivity contribution is 5.90. The molecule has 3 N–H and O–H groups in total. The fraction of sp³-hybridized carbons (Fsp3) is 0.500. The Kier molecular flexibility index (Phi) is 3.92. The summed E-state index contributed by atoms with van der Waals surface area (Å²) in [5.74, 6) is 1.67. The van der Waals surface area contributed by atoms with Crippen LogP contribution in [0, 0.1) is 0 Å². The summed E-state index contributed by atoms with van der Waals surface area (Å²) in [5.41, 5.74) is 6.94. The van der Waals surface area contributed by atoms with E-state index in [0.29, 0.717) is 12.1 Å². The van der Waals surface area contributed by atoms with Gasteiger partial charge in [0.25, 0.3) is 0 Å². The normalized spacial score (nSPS) is 22.2. The number of hydrogen-bond acceptors (Lipinski definition) is 5. The Labute approximate surface area is 125 Å². The fourth-order valence-corrected chi connectivity index (χ4v) is 2.91. The second kappa shape index (κ2) is 5.85. The molecular formula is C16H23N5. The summed E-state index contributed by atoms with van der Waals surface area (Å²) in [6.45, 7) is 0. The van der Waals surface area contributed by atoms with Crippen LogP contribution in [0.25, 0.3) is 10.9 Å². The van der Waals surface area contributed by atoms with E-state index < -0.39 is 0 Å². The molecule has 5 heteroatoms. The lowest BCUT2D eigenvalue weighted by molar-refractivity contribution is 0.410. The molecular weight excluding hydrogens is 262 g/mol. The molecule has 2 aromatic rings. The molecule has 0 unspecified atom stereocenters. The Morgan fingerprint density at radius 2 is 1.81 bits per heavy atom. The summed E-state index contributed by atoms with van der Waals surface area (Å²) >= 11 is 0. The molecule has 0 amide bonds. The van der Waals surface area contributed by atoms with Crippen LogP contribution in [0.2, 0.25) is 0 Å². The number of fused-ring (bicyclic) bond motifs is 1. The van der Waals surface area contributed by atoms with E-state index in [1.807, 2.05) is 37.2 Å². The predicted octanol–water partition coefficient (Wildman–Crippen LogP) is 2.38. The van der Waals surface area contributed by atoms with Gasteiger partial charge in [0.15, 0.2) is 0 Å². The van der Waals surface area contributed by atoms with Crippen molar-refractivity contribution in [3.05, 3.63) is 24.3 Å². The third-order valence-corrected chi connectivity index (χ3v) is 4.11. The molecule has 0 saturated heterocycles. The Bertz CT molecular complexity index is 617. The zero-order valence-electron chi connectivity index (χ0n) is 12.7. The van der Waals surface area contributed by atoms with Crippen LogP contribution in [-0.2, 0) is 0 Å².